The van der Waals surface area contributed by atoms with Gasteiger partial charge in [-0.1, -0.05) is 19.9 Å². The van der Waals surface area contributed by atoms with Crippen LogP contribution >= 0.6 is 0 Å². The predicted molar refractivity (Wildman–Crippen MR) is 93.2 cm³/mol. The maximum absolute atomic E-state index is 12.7. The Bertz CT molecular complexity index is 673. The Kier molecular flexibility index (Phi) is 4.88. The summed E-state index contributed by atoms with van der Waals surface area (Å²) in [6.07, 6.45) is 1.88. The van der Waals surface area contributed by atoms with Gasteiger partial charge in [-0.2, -0.15) is 0 Å². The first-order valence-electron chi connectivity index (χ1n) is 8.87. The lowest BCUT2D eigenvalue weighted by Crippen LogP contribution is -2.54. The standard InChI is InChI=1S/C19H26N2O4/c1-13(2)7-9-20-18(23)19(3)8-6-17(22)21(19)11-14-4-5-15-16(10-14)25-12-24-15/h4-5,10,13H,6-9,11-12H2,1-3H3,(H,20,23). The van der Waals surface area contributed by atoms with E-state index >= 15 is 0 Å². The van der Waals surface area contributed by atoms with Crippen molar-refractivity contribution < 1.29 is 19.1 Å². The maximum Gasteiger partial charge on any atom is 0.245 e. The zero-order chi connectivity index (χ0) is 18.0. The van der Waals surface area contributed by atoms with Crippen molar-refractivity contribution in [3.05, 3.63) is 23.8 Å². The first-order valence-corrected chi connectivity index (χ1v) is 8.87. The fraction of sp³-hybridized carbons (Fsp3) is 0.579. The van der Waals surface area contributed by atoms with E-state index in [1.54, 1.807) is 4.90 Å². The van der Waals surface area contributed by atoms with Crippen molar-refractivity contribution in [3.8, 4) is 11.5 Å². The Morgan fingerprint density at radius 1 is 1.32 bits per heavy atom. The lowest BCUT2D eigenvalue weighted by atomic mass is 9.96. The third-order valence-electron chi connectivity index (χ3n) is 5.00. The van der Waals surface area contributed by atoms with Gasteiger partial charge in [0, 0.05) is 19.5 Å². The van der Waals surface area contributed by atoms with Gasteiger partial charge in [0.05, 0.1) is 0 Å². The van der Waals surface area contributed by atoms with Gasteiger partial charge in [0.1, 0.15) is 5.54 Å². The number of rotatable bonds is 6. The zero-order valence-electron chi connectivity index (χ0n) is 15.1. The van der Waals surface area contributed by atoms with Crippen LogP contribution in [-0.2, 0) is 16.1 Å². The molecule has 1 atom stereocenters. The number of carbonyl (C=O) groups excluding carboxylic acids is 2. The van der Waals surface area contributed by atoms with Gasteiger partial charge in [0.15, 0.2) is 11.5 Å². The molecule has 3 rings (SSSR count). The van der Waals surface area contributed by atoms with E-state index < -0.39 is 5.54 Å². The smallest absolute Gasteiger partial charge is 0.245 e. The van der Waals surface area contributed by atoms with Crippen molar-refractivity contribution >= 4 is 11.8 Å². The monoisotopic (exact) mass is 346 g/mol. The van der Waals surface area contributed by atoms with Crippen LogP contribution in [-0.4, -0.2) is 35.6 Å². The molecule has 1 aromatic carbocycles. The van der Waals surface area contributed by atoms with Crippen LogP contribution in [0.4, 0.5) is 0 Å². The van der Waals surface area contributed by atoms with E-state index in [0.29, 0.717) is 43.3 Å². The van der Waals surface area contributed by atoms with E-state index in [4.69, 9.17) is 9.47 Å². The minimum Gasteiger partial charge on any atom is -0.454 e. The van der Waals surface area contributed by atoms with Crippen LogP contribution in [0.15, 0.2) is 18.2 Å². The van der Waals surface area contributed by atoms with Gasteiger partial charge in [-0.3, -0.25) is 9.59 Å². The molecule has 25 heavy (non-hydrogen) atoms. The number of ether oxygens (including phenoxy) is 2. The number of nitrogens with zero attached hydrogens (tertiary/aromatic N) is 1. The van der Waals surface area contributed by atoms with Crippen LogP contribution in [0.1, 0.15) is 45.6 Å². The van der Waals surface area contributed by atoms with E-state index in [2.05, 4.69) is 19.2 Å². The molecule has 2 aliphatic rings. The number of benzene rings is 1. The summed E-state index contributed by atoms with van der Waals surface area (Å²) in [6, 6.07) is 5.64. The van der Waals surface area contributed by atoms with Crippen LogP contribution in [0, 0.1) is 5.92 Å². The predicted octanol–water partition coefficient (Wildman–Crippen LogP) is 2.46. The molecule has 2 heterocycles. The second-order valence-electron chi connectivity index (χ2n) is 7.38. The molecule has 6 heteroatoms. The topological polar surface area (TPSA) is 67.9 Å². The Morgan fingerprint density at radius 3 is 2.84 bits per heavy atom. The summed E-state index contributed by atoms with van der Waals surface area (Å²) in [5.74, 6) is 1.87. The van der Waals surface area contributed by atoms with Gasteiger partial charge in [0.25, 0.3) is 0 Å². The number of hydrogen-bond donors (Lipinski definition) is 1. The average Bonchev–Trinajstić information content (AvgIpc) is 3.14. The molecule has 0 radical (unpaired) electrons. The van der Waals surface area contributed by atoms with Crippen LogP contribution in [0.5, 0.6) is 11.5 Å². The average molecular weight is 346 g/mol. The van der Waals surface area contributed by atoms with Crippen LogP contribution in [0.2, 0.25) is 0 Å². The highest BCUT2D eigenvalue weighted by Gasteiger charge is 2.47. The third-order valence-corrected chi connectivity index (χ3v) is 5.00. The molecule has 0 aromatic heterocycles. The molecule has 1 saturated heterocycles. The third kappa shape index (κ3) is 3.57. The van der Waals surface area contributed by atoms with E-state index in [0.717, 1.165) is 12.0 Å². The Hall–Kier alpha value is -2.24. The van der Waals surface area contributed by atoms with Gasteiger partial charge < -0.3 is 19.7 Å². The molecule has 1 aromatic rings. The summed E-state index contributed by atoms with van der Waals surface area (Å²) in [6.45, 7) is 7.35. The largest absolute Gasteiger partial charge is 0.454 e. The molecular formula is C19H26N2O4. The zero-order valence-corrected chi connectivity index (χ0v) is 15.1. The minimum absolute atomic E-state index is 0.0131. The highest BCUT2D eigenvalue weighted by Crippen LogP contribution is 2.36. The van der Waals surface area contributed by atoms with Crippen molar-refractivity contribution in [1.82, 2.24) is 10.2 Å². The van der Waals surface area contributed by atoms with E-state index in [9.17, 15) is 9.59 Å². The van der Waals surface area contributed by atoms with E-state index in [1.165, 1.54) is 0 Å². The summed E-state index contributed by atoms with van der Waals surface area (Å²) in [4.78, 5) is 26.8. The van der Waals surface area contributed by atoms with Gasteiger partial charge in [-0.15, -0.1) is 0 Å². The first-order chi connectivity index (χ1) is 11.9. The summed E-state index contributed by atoms with van der Waals surface area (Å²) in [7, 11) is 0. The molecule has 136 valence electrons. The quantitative estimate of drug-likeness (QED) is 0.859. The Morgan fingerprint density at radius 2 is 2.08 bits per heavy atom. The highest BCUT2D eigenvalue weighted by atomic mass is 16.7. The molecule has 1 fully saturated rings. The lowest BCUT2D eigenvalue weighted by molar-refractivity contribution is -0.141. The van der Waals surface area contributed by atoms with Gasteiger partial charge in [0.2, 0.25) is 18.6 Å². The molecule has 0 saturated carbocycles. The molecular weight excluding hydrogens is 320 g/mol. The maximum atomic E-state index is 12.7. The van der Waals surface area contributed by atoms with Crippen LogP contribution in [0.3, 0.4) is 0 Å². The van der Waals surface area contributed by atoms with E-state index in [-0.39, 0.29) is 18.6 Å². The minimum atomic E-state index is -0.801. The van der Waals surface area contributed by atoms with Crippen LogP contribution in [0.25, 0.3) is 0 Å². The number of fused-ring (bicyclic) bond motifs is 1. The summed E-state index contributed by atoms with van der Waals surface area (Å²) in [5, 5.41) is 3.00. The summed E-state index contributed by atoms with van der Waals surface area (Å²) in [5.41, 5.74) is 0.130. The number of nitrogens with one attached hydrogen (secondary N) is 1. The molecule has 0 aliphatic carbocycles. The van der Waals surface area contributed by atoms with Gasteiger partial charge in [-0.25, -0.2) is 0 Å². The molecule has 2 aliphatic heterocycles. The number of likely N-dealkylation sites (tertiary alicyclic amines) is 1. The molecule has 1 N–H and O–H groups in total. The molecule has 0 spiro atoms. The van der Waals surface area contributed by atoms with Crippen molar-refractivity contribution in [1.29, 1.82) is 0 Å². The molecule has 6 nitrogen and oxygen atoms in total. The van der Waals surface area contributed by atoms with Crippen LogP contribution < -0.4 is 14.8 Å². The van der Waals surface area contributed by atoms with Crippen molar-refractivity contribution in [2.45, 2.75) is 52.1 Å². The van der Waals surface area contributed by atoms with Crippen molar-refractivity contribution in [3.63, 3.8) is 0 Å². The second kappa shape index (κ2) is 6.94. The highest BCUT2D eigenvalue weighted by molar-refractivity contribution is 5.94. The summed E-state index contributed by atoms with van der Waals surface area (Å²) >= 11 is 0. The van der Waals surface area contributed by atoms with Gasteiger partial charge in [-0.05, 0) is 43.4 Å². The fourth-order valence-electron chi connectivity index (χ4n) is 3.28. The number of amides is 2. The van der Waals surface area contributed by atoms with Gasteiger partial charge >= 0.3 is 0 Å². The number of carbonyl (C=O) groups is 2. The van der Waals surface area contributed by atoms with Crippen molar-refractivity contribution in [2.24, 2.45) is 5.92 Å². The molecule has 2 amide bonds. The first kappa shape index (κ1) is 17.6. The Labute approximate surface area is 148 Å². The summed E-state index contributed by atoms with van der Waals surface area (Å²) < 4.78 is 10.7. The van der Waals surface area contributed by atoms with E-state index in [1.807, 2.05) is 25.1 Å². The lowest BCUT2D eigenvalue weighted by Gasteiger charge is -2.34. The SMILES string of the molecule is CC(C)CCNC(=O)C1(C)CCC(=O)N1Cc1ccc2c(c1)OCO2. The normalized spacial score (nSPS) is 21.9. The fourth-order valence-corrected chi connectivity index (χ4v) is 3.28. The van der Waals surface area contributed by atoms with Crippen molar-refractivity contribution in [2.75, 3.05) is 13.3 Å². The number of hydrogen-bond acceptors (Lipinski definition) is 4. The molecule has 0 bridgehead atoms. The second-order valence-corrected chi connectivity index (χ2v) is 7.38. The Balaban J connectivity index is 1.71. The molecule has 1 unspecified atom stereocenters.